The van der Waals surface area contributed by atoms with E-state index in [9.17, 15) is 12.8 Å². The zero-order valence-corrected chi connectivity index (χ0v) is 12.1. The molecule has 0 aliphatic heterocycles. The van der Waals surface area contributed by atoms with Gasteiger partial charge in [-0.05, 0) is 44.5 Å². The van der Waals surface area contributed by atoms with Crippen molar-refractivity contribution in [2.24, 2.45) is 0 Å². The first-order chi connectivity index (χ1) is 9.28. The molecule has 0 radical (unpaired) electrons. The topological polar surface area (TPSA) is 72.0 Å². The van der Waals surface area contributed by atoms with Gasteiger partial charge in [-0.3, -0.25) is 0 Å². The maximum Gasteiger partial charge on any atom is 0.267 e. The van der Waals surface area contributed by atoms with Crippen LogP contribution in [0.3, 0.4) is 0 Å². The van der Waals surface area contributed by atoms with Crippen LogP contribution in [-0.2, 0) is 10.0 Å². The number of aryl methyl sites for hydroxylation is 3. The first-order valence-electron chi connectivity index (χ1n) is 5.89. The van der Waals surface area contributed by atoms with Gasteiger partial charge in [0, 0.05) is 11.4 Å². The summed E-state index contributed by atoms with van der Waals surface area (Å²) in [5.74, 6) is -0.871. The number of benzene rings is 1. The maximum absolute atomic E-state index is 13.7. The Kier molecular flexibility index (Phi) is 3.71. The lowest BCUT2D eigenvalue weighted by Crippen LogP contribution is -2.17. The fourth-order valence-corrected chi connectivity index (χ4v) is 2.77. The minimum absolute atomic E-state index is 0.0672. The van der Waals surface area contributed by atoms with Crippen LogP contribution < -0.4 is 4.72 Å². The first-order valence-corrected chi connectivity index (χ1v) is 7.37. The van der Waals surface area contributed by atoms with Gasteiger partial charge in [0.2, 0.25) is 5.95 Å². The Morgan fingerprint density at radius 1 is 1.05 bits per heavy atom. The molecule has 2 aromatic rings. The maximum atomic E-state index is 13.7. The molecule has 0 atom stereocenters. The molecular formula is C13H14FN3O2S. The van der Waals surface area contributed by atoms with Gasteiger partial charge in [0.1, 0.15) is 10.7 Å². The highest BCUT2D eigenvalue weighted by molar-refractivity contribution is 7.92. The molecule has 20 heavy (non-hydrogen) atoms. The van der Waals surface area contributed by atoms with Gasteiger partial charge in [-0.25, -0.2) is 27.5 Å². The van der Waals surface area contributed by atoms with Crippen molar-refractivity contribution in [2.75, 3.05) is 4.72 Å². The lowest BCUT2D eigenvalue weighted by atomic mass is 10.2. The Morgan fingerprint density at radius 3 is 2.20 bits per heavy atom. The van der Waals surface area contributed by atoms with E-state index in [0.29, 0.717) is 17.0 Å². The summed E-state index contributed by atoms with van der Waals surface area (Å²) in [7, 11) is -4.04. The van der Waals surface area contributed by atoms with Crippen molar-refractivity contribution in [1.82, 2.24) is 9.97 Å². The number of nitrogens with one attached hydrogen (secondary N) is 1. The van der Waals surface area contributed by atoms with Gasteiger partial charge in [0.15, 0.2) is 0 Å². The van der Waals surface area contributed by atoms with Gasteiger partial charge in [-0.2, -0.15) is 0 Å². The van der Waals surface area contributed by atoms with Crippen molar-refractivity contribution < 1.29 is 12.8 Å². The number of anilines is 1. The van der Waals surface area contributed by atoms with Crippen LogP contribution in [0.4, 0.5) is 10.3 Å². The predicted molar refractivity (Wildman–Crippen MR) is 73.5 cm³/mol. The number of rotatable bonds is 3. The van der Waals surface area contributed by atoms with Crippen molar-refractivity contribution >= 4 is 16.0 Å². The van der Waals surface area contributed by atoms with E-state index in [1.54, 1.807) is 26.8 Å². The number of hydrogen-bond donors (Lipinski definition) is 1. The van der Waals surface area contributed by atoms with Crippen molar-refractivity contribution in [1.29, 1.82) is 0 Å². The summed E-state index contributed by atoms with van der Waals surface area (Å²) in [6.45, 7) is 5.12. The first kappa shape index (κ1) is 14.4. The molecule has 2 rings (SSSR count). The van der Waals surface area contributed by atoms with E-state index in [1.807, 2.05) is 0 Å². The van der Waals surface area contributed by atoms with E-state index in [2.05, 4.69) is 14.7 Å². The molecular weight excluding hydrogens is 281 g/mol. The van der Waals surface area contributed by atoms with E-state index in [-0.39, 0.29) is 5.95 Å². The van der Waals surface area contributed by atoms with Crippen molar-refractivity contribution in [3.05, 3.63) is 47.0 Å². The monoisotopic (exact) mass is 295 g/mol. The standard InChI is InChI=1S/C13H14FN3O2S/c1-8-4-5-12(11(14)6-8)20(18,19)17-13-15-9(2)7-10(3)16-13/h4-7H,1-3H3,(H,15,16,17). The van der Waals surface area contributed by atoms with Gasteiger partial charge >= 0.3 is 0 Å². The molecule has 0 spiro atoms. The van der Waals surface area contributed by atoms with Crippen LogP contribution in [-0.4, -0.2) is 18.4 Å². The summed E-state index contributed by atoms with van der Waals surface area (Å²) in [5.41, 5.74) is 1.89. The fourth-order valence-electron chi connectivity index (χ4n) is 1.77. The SMILES string of the molecule is Cc1ccc(S(=O)(=O)Nc2nc(C)cc(C)n2)c(F)c1. The summed E-state index contributed by atoms with van der Waals surface area (Å²) < 4.78 is 40.2. The molecule has 1 aromatic heterocycles. The molecule has 0 unspecified atom stereocenters. The predicted octanol–water partition coefficient (Wildman–Crippen LogP) is 2.34. The molecule has 0 saturated heterocycles. The van der Waals surface area contributed by atoms with Crippen molar-refractivity contribution in [2.45, 2.75) is 25.7 Å². The molecule has 0 bridgehead atoms. The molecule has 1 N–H and O–H groups in total. The highest BCUT2D eigenvalue weighted by Crippen LogP contribution is 2.18. The number of nitrogens with zero attached hydrogens (tertiary/aromatic N) is 2. The third-order valence-electron chi connectivity index (χ3n) is 2.58. The second-order valence-electron chi connectivity index (χ2n) is 4.51. The van der Waals surface area contributed by atoms with Crippen LogP contribution in [0.15, 0.2) is 29.2 Å². The lowest BCUT2D eigenvalue weighted by Gasteiger charge is -2.09. The summed E-state index contributed by atoms with van der Waals surface area (Å²) in [4.78, 5) is 7.51. The van der Waals surface area contributed by atoms with Crippen LogP contribution in [0.5, 0.6) is 0 Å². The minimum Gasteiger partial charge on any atom is -0.247 e. The van der Waals surface area contributed by atoms with Gasteiger partial charge in [-0.1, -0.05) is 6.07 Å². The normalized spacial score (nSPS) is 11.4. The minimum atomic E-state index is -4.04. The third-order valence-corrected chi connectivity index (χ3v) is 3.95. The molecule has 5 nitrogen and oxygen atoms in total. The molecule has 0 aliphatic rings. The molecule has 7 heteroatoms. The van der Waals surface area contributed by atoms with E-state index >= 15 is 0 Å². The van der Waals surface area contributed by atoms with Gasteiger partial charge in [-0.15, -0.1) is 0 Å². The third kappa shape index (κ3) is 3.11. The zero-order valence-electron chi connectivity index (χ0n) is 11.3. The highest BCUT2D eigenvalue weighted by Gasteiger charge is 2.20. The van der Waals surface area contributed by atoms with Gasteiger partial charge in [0.25, 0.3) is 10.0 Å². The Bertz CT molecular complexity index is 740. The van der Waals surface area contributed by atoms with Gasteiger partial charge < -0.3 is 0 Å². The summed E-state index contributed by atoms with van der Waals surface area (Å²) in [6.07, 6.45) is 0. The molecule has 0 amide bonds. The molecule has 0 fully saturated rings. The Labute approximate surface area is 116 Å². The van der Waals surface area contributed by atoms with Crippen LogP contribution in [0.25, 0.3) is 0 Å². The molecule has 106 valence electrons. The van der Waals surface area contributed by atoms with Gasteiger partial charge in [0.05, 0.1) is 0 Å². The largest absolute Gasteiger partial charge is 0.267 e. The van der Waals surface area contributed by atoms with Crippen molar-refractivity contribution in [3.8, 4) is 0 Å². The van der Waals surface area contributed by atoms with E-state index in [4.69, 9.17) is 0 Å². The Balaban J connectivity index is 2.40. The van der Waals surface area contributed by atoms with E-state index < -0.39 is 20.7 Å². The summed E-state index contributed by atoms with van der Waals surface area (Å²) in [6, 6.07) is 5.62. The molecule has 0 saturated carbocycles. The number of halogens is 1. The Hall–Kier alpha value is -2.02. The molecule has 1 heterocycles. The highest BCUT2D eigenvalue weighted by atomic mass is 32.2. The molecule has 1 aromatic carbocycles. The zero-order chi connectivity index (χ0) is 14.9. The van der Waals surface area contributed by atoms with Crippen molar-refractivity contribution in [3.63, 3.8) is 0 Å². The second-order valence-corrected chi connectivity index (χ2v) is 6.16. The Morgan fingerprint density at radius 2 is 1.65 bits per heavy atom. The lowest BCUT2D eigenvalue weighted by molar-refractivity contribution is 0.569. The smallest absolute Gasteiger partial charge is 0.247 e. The van der Waals surface area contributed by atoms with Crippen LogP contribution >= 0.6 is 0 Å². The van der Waals surface area contributed by atoms with E-state index in [0.717, 1.165) is 6.07 Å². The van der Waals surface area contributed by atoms with E-state index in [1.165, 1.54) is 12.1 Å². The number of aromatic nitrogens is 2. The summed E-state index contributed by atoms with van der Waals surface area (Å²) in [5, 5.41) is 0. The average Bonchev–Trinajstić information content (AvgIpc) is 2.25. The fraction of sp³-hybridized carbons (Fsp3) is 0.231. The van der Waals surface area contributed by atoms with Crippen LogP contribution in [0, 0.1) is 26.6 Å². The number of sulfonamides is 1. The summed E-state index contributed by atoms with van der Waals surface area (Å²) >= 11 is 0. The van der Waals surface area contributed by atoms with Crippen LogP contribution in [0.1, 0.15) is 17.0 Å². The van der Waals surface area contributed by atoms with Crippen LogP contribution in [0.2, 0.25) is 0 Å². The quantitative estimate of drug-likeness (QED) is 0.943. The average molecular weight is 295 g/mol. The molecule has 0 aliphatic carbocycles. The second kappa shape index (κ2) is 5.16. The number of hydrogen-bond acceptors (Lipinski definition) is 4.